The molecule has 0 bridgehead atoms. The molecule has 0 radical (unpaired) electrons. The van der Waals surface area contributed by atoms with Gasteiger partial charge in [-0.2, -0.15) is 0 Å². The minimum Gasteiger partial charge on any atom is -0.487 e. The Bertz CT molecular complexity index is 720. The van der Waals surface area contributed by atoms with Gasteiger partial charge in [-0.1, -0.05) is 19.1 Å². The molecule has 2 amide bonds. The fourth-order valence-corrected chi connectivity index (χ4v) is 2.22. The number of hydrogen-bond acceptors (Lipinski definition) is 7. The number of benzene rings is 1. The monoisotopic (exact) mass is 410 g/mol. The van der Waals surface area contributed by atoms with Crippen molar-refractivity contribution >= 4 is 17.9 Å². The smallest absolute Gasteiger partial charge is 0.420 e. The summed E-state index contributed by atoms with van der Waals surface area (Å²) in [6.45, 7) is 11.8. The summed E-state index contributed by atoms with van der Waals surface area (Å²) in [6.07, 6.45) is -1.20. The van der Waals surface area contributed by atoms with E-state index in [1.54, 1.807) is 47.6 Å². The van der Waals surface area contributed by atoms with Crippen LogP contribution in [0.15, 0.2) is 18.2 Å². The Hall–Kier alpha value is -2.84. The van der Waals surface area contributed by atoms with E-state index in [4.69, 9.17) is 14.2 Å². The Labute approximate surface area is 171 Å². The molecule has 0 saturated heterocycles. The highest BCUT2D eigenvalue weighted by atomic mass is 16.6. The normalized spacial score (nSPS) is 11.6. The molecule has 0 saturated carbocycles. The summed E-state index contributed by atoms with van der Waals surface area (Å²) >= 11 is 0. The zero-order valence-corrected chi connectivity index (χ0v) is 18.1. The van der Waals surface area contributed by atoms with Crippen LogP contribution in [-0.2, 0) is 16.0 Å². The first-order valence-electron chi connectivity index (χ1n) is 9.37. The highest BCUT2D eigenvalue weighted by Gasteiger charge is 2.33. The lowest BCUT2D eigenvalue weighted by molar-refractivity contribution is -0.386. The number of ether oxygens (including phenoxy) is 3. The van der Waals surface area contributed by atoms with Gasteiger partial charge in [0, 0.05) is 11.6 Å². The summed E-state index contributed by atoms with van der Waals surface area (Å²) in [6, 6.07) is 4.33. The summed E-state index contributed by atoms with van der Waals surface area (Å²) in [7, 11) is 0. The fraction of sp³-hybridized carbons (Fsp3) is 0.600. The molecular formula is C20H30N2O7. The summed E-state index contributed by atoms with van der Waals surface area (Å²) in [5.41, 5.74) is -1.64. The van der Waals surface area contributed by atoms with Gasteiger partial charge in [-0.25, -0.2) is 14.5 Å². The van der Waals surface area contributed by atoms with Crippen molar-refractivity contribution in [3.05, 3.63) is 33.9 Å². The number of carbonyl (C=O) groups is 2. The van der Waals surface area contributed by atoms with Crippen LogP contribution in [0.25, 0.3) is 0 Å². The van der Waals surface area contributed by atoms with Crippen molar-refractivity contribution < 1.29 is 28.7 Å². The molecule has 0 unspecified atom stereocenters. The van der Waals surface area contributed by atoms with E-state index >= 15 is 0 Å². The third kappa shape index (κ3) is 7.97. The van der Waals surface area contributed by atoms with Crippen molar-refractivity contribution in [2.75, 3.05) is 6.61 Å². The van der Waals surface area contributed by atoms with E-state index in [1.807, 2.05) is 6.92 Å². The molecule has 29 heavy (non-hydrogen) atoms. The molecule has 1 aromatic rings. The lowest BCUT2D eigenvalue weighted by Gasteiger charge is -2.29. The molecule has 9 nitrogen and oxygen atoms in total. The maximum absolute atomic E-state index is 12.7. The van der Waals surface area contributed by atoms with Crippen LogP contribution in [0.3, 0.4) is 0 Å². The number of nitro groups is 1. The average molecular weight is 410 g/mol. The van der Waals surface area contributed by atoms with Crippen LogP contribution >= 0.6 is 0 Å². The molecule has 162 valence electrons. The van der Waals surface area contributed by atoms with Crippen LogP contribution in [0.5, 0.6) is 5.75 Å². The van der Waals surface area contributed by atoms with E-state index in [0.717, 1.165) is 4.90 Å². The second-order valence-corrected chi connectivity index (χ2v) is 8.42. The highest BCUT2D eigenvalue weighted by Crippen LogP contribution is 2.32. The standard InChI is InChI=1S/C20H30N2O7/c1-8-12-27-16-14(10-9-11-15(16)22(25)26)13-21(17(23)28-19(2,3)4)18(24)29-20(5,6)7/h9-11H,8,12-13H2,1-7H3. The molecule has 1 rings (SSSR count). The van der Waals surface area contributed by atoms with E-state index in [1.165, 1.54) is 12.1 Å². The second-order valence-electron chi connectivity index (χ2n) is 8.42. The molecule has 0 N–H and O–H groups in total. The molecule has 9 heteroatoms. The van der Waals surface area contributed by atoms with Crippen LogP contribution in [0.1, 0.15) is 60.5 Å². The van der Waals surface area contributed by atoms with Crippen molar-refractivity contribution in [2.24, 2.45) is 0 Å². The first-order chi connectivity index (χ1) is 13.2. The molecule has 0 aliphatic heterocycles. The zero-order valence-electron chi connectivity index (χ0n) is 18.1. The Kier molecular flexibility index (Phi) is 7.99. The lowest BCUT2D eigenvalue weighted by Crippen LogP contribution is -2.43. The van der Waals surface area contributed by atoms with Crippen molar-refractivity contribution in [3.8, 4) is 5.75 Å². The number of rotatable bonds is 6. The predicted molar refractivity (Wildman–Crippen MR) is 107 cm³/mol. The quantitative estimate of drug-likeness (QED) is 0.476. The number of hydrogen-bond donors (Lipinski definition) is 0. The molecule has 0 aromatic heterocycles. The van der Waals surface area contributed by atoms with E-state index in [-0.39, 0.29) is 24.6 Å². The number of amides is 2. The summed E-state index contributed by atoms with van der Waals surface area (Å²) in [4.78, 5) is 36.9. The van der Waals surface area contributed by atoms with Gasteiger partial charge in [0.25, 0.3) is 0 Å². The first kappa shape index (κ1) is 24.2. The van der Waals surface area contributed by atoms with Gasteiger partial charge in [0.1, 0.15) is 11.2 Å². The summed E-state index contributed by atoms with van der Waals surface area (Å²) in [5.74, 6) is 0.0106. The SMILES string of the molecule is CCCOc1c(CN(C(=O)OC(C)(C)C)C(=O)OC(C)(C)C)cccc1[N+](=O)[O-]. The second kappa shape index (κ2) is 9.58. The Morgan fingerprint density at radius 1 is 1.03 bits per heavy atom. The maximum Gasteiger partial charge on any atom is 0.420 e. The van der Waals surface area contributed by atoms with Gasteiger partial charge in [0.15, 0.2) is 0 Å². The molecule has 1 aromatic carbocycles. The van der Waals surface area contributed by atoms with Gasteiger partial charge in [0.05, 0.1) is 18.1 Å². The van der Waals surface area contributed by atoms with Crippen LogP contribution in [0, 0.1) is 10.1 Å². The molecule has 0 spiro atoms. The molecular weight excluding hydrogens is 380 g/mol. The van der Waals surface area contributed by atoms with Crippen LogP contribution in [0.2, 0.25) is 0 Å². The summed E-state index contributed by atoms with van der Waals surface area (Å²) in [5, 5.41) is 11.4. The molecule has 0 fully saturated rings. The largest absolute Gasteiger partial charge is 0.487 e. The van der Waals surface area contributed by atoms with Gasteiger partial charge in [-0.15, -0.1) is 0 Å². The number of nitro benzene ring substituents is 1. The van der Waals surface area contributed by atoms with Gasteiger partial charge >= 0.3 is 17.9 Å². The average Bonchev–Trinajstić information content (AvgIpc) is 2.54. The molecule has 0 atom stereocenters. The van der Waals surface area contributed by atoms with Gasteiger partial charge in [0.2, 0.25) is 5.75 Å². The number of nitrogens with zero attached hydrogens (tertiary/aromatic N) is 2. The van der Waals surface area contributed by atoms with E-state index in [9.17, 15) is 19.7 Å². The van der Waals surface area contributed by atoms with E-state index < -0.39 is 28.3 Å². The molecule has 0 heterocycles. The zero-order chi connectivity index (χ0) is 22.4. The van der Waals surface area contributed by atoms with E-state index in [2.05, 4.69) is 0 Å². The topological polar surface area (TPSA) is 108 Å². The van der Waals surface area contributed by atoms with Crippen LogP contribution in [0.4, 0.5) is 15.3 Å². The van der Waals surface area contributed by atoms with Gasteiger partial charge < -0.3 is 14.2 Å². The first-order valence-corrected chi connectivity index (χ1v) is 9.37. The Balaban J connectivity index is 3.34. The van der Waals surface area contributed by atoms with Crippen molar-refractivity contribution in [1.82, 2.24) is 4.90 Å². The minimum absolute atomic E-state index is 0.0106. The summed E-state index contributed by atoms with van der Waals surface area (Å²) < 4.78 is 16.2. The van der Waals surface area contributed by atoms with Crippen LogP contribution < -0.4 is 4.74 Å². The molecule has 0 aliphatic carbocycles. The third-order valence-electron chi connectivity index (χ3n) is 3.28. The number of carbonyl (C=O) groups excluding carboxylic acids is 2. The predicted octanol–water partition coefficient (Wildman–Crippen LogP) is 5.06. The Morgan fingerprint density at radius 2 is 1.55 bits per heavy atom. The maximum atomic E-state index is 12.7. The minimum atomic E-state index is -0.917. The van der Waals surface area contributed by atoms with Gasteiger partial charge in [-0.3, -0.25) is 10.1 Å². The Morgan fingerprint density at radius 3 is 1.97 bits per heavy atom. The number of para-hydroxylation sites is 1. The lowest BCUT2D eigenvalue weighted by atomic mass is 10.1. The third-order valence-corrected chi connectivity index (χ3v) is 3.28. The van der Waals surface area contributed by atoms with E-state index in [0.29, 0.717) is 12.0 Å². The van der Waals surface area contributed by atoms with Crippen LogP contribution in [-0.4, -0.2) is 39.8 Å². The number of imide groups is 1. The fourth-order valence-electron chi connectivity index (χ4n) is 2.22. The van der Waals surface area contributed by atoms with Gasteiger partial charge in [-0.05, 0) is 48.0 Å². The highest BCUT2D eigenvalue weighted by molar-refractivity contribution is 5.88. The molecule has 0 aliphatic rings. The van der Waals surface area contributed by atoms with Crippen molar-refractivity contribution in [3.63, 3.8) is 0 Å². The van der Waals surface area contributed by atoms with Crippen molar-refractivity contribution in [2.45, 2.75) is 72.6 Å². The van der Waals surface area contributed by atoms with Crippen molar-refractivity contribution in [1.29, 1.82) is 0 Å².